The number of aliphatic imine (C=N–C) groups is 1. The van der Waals surface area contributed by atoms with Gasteiger partial charge in [-0.3, -0.25) is 0 Å². The molecule has 0 aromatic heterocycles. The third-order valence-corrected chi connectivity index (χ3v) is 5.27. The molecule has 2 fully saturated rings. The van der Waals surface area contributed by atoms with Gasteiger partial charge >= 0.3 is 0 Å². The van der Waals surface area contributed by atoms with E-state index in [-0.39, 0.29) is 6.61 Å². The van der Waals surface area contributed by atoms with Gasteiger partial charge in [0.1, 0.15) is 18.3 Å². The first-order chi connectivity index (χ1) is 14.9. The molecule has 2 aromatic carbocycles. The Morgan fingerprint density at radius 2 is 1.74 bits per heavy atom. The number of hydrogen-bond acceptors (Lipinski definition) is 6. The summed E-state index contributed by atoms with van der Waals surface area (Å²) in [5, 5.41) is 27.3. The maximum absolute atomic E-state index is 10.8. The Kier molecular flexibility index (Phi) is 6.54. The topological polar surface area (TPSA) is 105 Å². The van der Waals surface area contributed by atoms with Crippen LogP contribution >= 0.6 is 0 Å². The van der Waals surface area contributed by atoms with Crippen LogP contribution in [0.3, 0.4) is 0 Å². The second-order valence-electron chi connectivity index (χ2n) is 8.13. The molecule has 4 N–H and O–H groups in total. The highest BCUT2D eigenvalue weighted by Gasteiger charge is 2.56. The van der Waals surface area contributed by atoms with Crippen LogP contribution in [0, 0.1) is 0 Å². The fourth-order valence-corrected chi connectivity index (χ4v) is 3.79. The molecule has 0 saturated carbocycles. The van der Waals surface area contributed by atoms with E-state index in [9.17, 15) is 10.2 Å². The first kappa shape index (κ1) is 21.7. The highest BCUT2D eigenvalue weighted by Crippen LogP contribution is 2.38. The molecule has 2 heterocycles. The van der Waals surface area contributed by atoms with Gasteiger partial charge in [0.25, 0.3) is 0 Å². The molecule has 0 unspecified atom stereocenters. The van der Waals surface area contributed by atoms with Gasteiger partial charge in [-0.1, -0.05) is 48.5 Å². The highest BCUT2D eigenvalue weighted by molar-refractivity contribution is 5.93. The minimum atomic E-state index is -0.955. The van der Waals surface area contributed by atoms with Crippen molar-refractivity contribution in [3.8, 4) is 0 Å². The van der Waals surface area contributed by atoms with Gasteiger partial charge in [0.15, 0.2) is 18.0 Å². The second kappa shape index (κ2) is 9.33. The van der Waals surface area contributed by atoms with E-state index < -0.39 is 36.4 Å². The van der Waals surface area contributed by atoms with Crippen LogP contribution in [0.15, 0.2) is 65.7 Å². The Morgan fingerprint density at radius 1 is 1.06 bits per heavy atom. The molecule has 2 aliphatic heterocycles. The van der Waals surface area contributed by atoms with Gasteiger partial charge < -0.3 is 35.1 Å². The number of ether oxygens (including phenoxy) is 3. The maximum Gasteiger partial charge on any atom is 0.196 e. The normalized spacial score (nSPS) is 28.2. The summed E-state index contributed by atoms with van der Waals surface area (Å²) >= 11 is 0. The summed E-state index contributed by atoms with van der Waals surface area (Å²) in [5.74, 6) is -0.357. The lowest BCUT2D eigenvalue weighted by molar-refractivity contribution is -0.218. The van der Waals surface area contributed by atoms with Crippen molar-refractivity contribution in [2.75, 3.05) is 11.9 Å². The van der Waals surface area contributed by atoms with Crippen LogP contribution in [0.5, 0.6) is 0 Å². The van der Waals surface area contributed by atoms with Crippen molar-refractivity contribution < 1.29 is 24.4 Å². The average Bonchev–Trinajstić information content (AvgIpc) is 3.23. The minimum Gasteiger partial charge on any atom is -0.394 e. The van der Waals surface area contributed by atoms with Crippen LogP contribution in [0.25, 0.3) is 0 Å². The zero-order chi connectivity index (χ0) is 21.8. The number of nitrogens with zero attached hydrogens (tertiary/aromatic N) is 1. The van der Waals surface area contributed by atoms with Crippen molar-refractivity contribution in [1.82, 2.24) is 5.32 Å². The number of anilines is 1. The summed E-state index contributed by atoms with van der Waals surface area (Å²) in [6, 6.07) is 18.8. The van der Waals surface area contributed by atoms with E-state index in [1.807, 2.05) is 60.7 Å². The second-order valence-corrected chi connectivity index (χ2v) is 8.13. The zero-order valence-corrected chi connectivity index (χ0v) is 17.6. The number of fused-ring (bicyclic) bond motifs is 1. The van der Waals surface area contributed by atoms with E-state index in [2.05, 4.69) is 15.6 Å². The maximum atomic E-state index is 10.8. The van der Waals surface area contributed by atoms with Crippen molar-refractivity contribution >= 4 is 11.6 Å². The van der Waals surface area contributed by atoms with Crippen molar-refractivity contribution in [2.24, 2.45) is 4.99 Å². The molecule has 2 saturated heterocycles. The standard InChI is InChI=1S/C23H29N3O5/c1-23(2)30-20-18(28)19(29-21(20)31-23)17(14-27)26-22(25-16-11-7-4-8-12-16)24-13-15-9-5-3-6-10-15/h3-12,17-21,27-28H,13-14H2,1-2H3,(H2,24,25,26)/t17-,18-,19+,20+,21+/m0/s1. The van der Waals surface area contributed by atoms with Crippen LogP contribution in [0.2, 0.25) is 0 Å². The monoisotopic (exact) mass is 427 g/mol. The molecule has 0 aliphatic carbocycles. The predicted molar refractivity (Wildman–Crippen MR) is 116 cm³/mol. The third kappa shape index (κ3) is 5.23. The minimum absolute atomic E-state index is 0.272. The molecular weight excluding hydrogens is 398 g/mol. The number of nitrogens with one attached hydrogen (secondary N) is 2. The molecule has 5 atom stereocenters. The fraction of sp³-hybridized carbons (Fsp3) is 0.435. The van der Waals surface area contributed by atoms with E-state index in [4.69, 9.17) is 14.2 Å². The number of guanidine groups is 1. The molecule has 8 heteroatoms. The molecule has 0 amide bonds. The van der Waals surface area contributed by atoms with Gasteiger partial charge in [-0.15, -0.1) is 0 Å². The summed E-state index contributed by atoms with van der Waals surface area (Å²) in [7, 11) is 0. The first-order valence-corrected chi connectivity index (χ1v) is 10.4. The molecule has 2 aliphatic rings. The van der Waals surface area contributed by atoms with Gasteiger partial charge in [0.05, 0.1) is 19.2 Å². The first-order valence-electron chi connectivity index (χ1n) is 10.4. The largest absolute Gasteiger partial charge is 0.394 e. The van der Waals surface area contributed by atoms with Crippen LogP contribution in [0.1, 0.15) is 19.4 Å². The molecule has 4 rings (SSSR count). The number of aliphatic hydroxyl groups excluding tert-OH is 2. The van der Waals surface area contributed by atoms with Crippen molar-refractivity contribution in [3.63, 3.8) is 0 Å². The SMILES string of the molecule is CC1(C)O[C@H]2O[C@H]([C@H](CO)NC(=NCc3ccccc3)Nc3ccccc3)[C@H](O)[C@H]2O1. The highest BCUT2D eigenvalue weighted by atomic mass is 16.8. The summed E-state index contributed by atoms with van der Waals surface area (Å²) in [6.45, 7) is 3.72. The Labute approximate surface area is 181 Å². The Balaban J connectivity index is 1.49. The van der Waals surface area contributed by atoms with Gasteiger partial charge in [-0.05, 0) is 31.5 Å². The fourth-order valence-electron chi connectivity index (χ4n) is 3.79. The predicted octanol–water partition coefficient (Wildman–Crippen LogP) is 1.84. The molecule has 0 radical (unpaired) electrons. The van der Waals surface area contributed by atoms with E-state index in [1.54, 1.807) is 13.8 Å². The molecule has 31 heavy (non-hydrogen) atoms. The van der Waals surface area contributed by atoms with Gasteiger partial charge in [0, 0.05) is 5.69 Å². The number of aliphatic hydroxyl groups is 2. The van der Waals surface area contributed by atoms with E-state index >= 15 is 0 Å². The zero-order valence-electron chi connectivity index (χ0n) is 17.6. The van der Waals surface area contributed by atoms with E-state index in [1.165, 1.54) is 0 Å². The molecular formula is C23H29N3O5. The number of para-hydroxylation sites is 1. The summed E-state index contributed by atoms with van der Waals surface area (Å²) in [4.78, 5) is 4.65. The lowest BCUT2D eigenvalue weighted by atomic mass is 10.0. The molecule has 166 valence electrons. The Bertz CT molecular complexity index is 877. The van der Waals surface area contributed by atoms with Crippen LogP contribution in [-0.4, -0.2) is 59.2 Å². The van der Waals surface area contributed by atoms with Crippen molar-refractivity contribution in [1.29, 1.82) is 0 Å². The summed E-state index contributed by atoms with van der Waals surface area (Å²) in [6.07, 6.45) is -2.97. The van der Waals surface area contributed by atoms with E-state index in [0.29, 0.717) is 12.5 Å². The summed E-state index contributed by atoms with van der Waals surface area (Å²) < 4.78 is 17.4. The number of hydrogen-bond donors (Lipinski definition) is 4. The smallest absolute Gasteiger partial charge is 0.196 e. The van der Waals surface area contributed by atoms with Crippen LogP contribution in [0.4, 0.5) is 5.69 Å². The van der Waals surface area contributed by atoms with Crippen molar-refractivity contribution in [3.05, 3.63) is 66.2 Å². The number of benzene rings is 2. The van der Waals surface area contributed by atoms with E-state index in [0.717, 1.165) is 11.3 Å². The number of rotatable bonds is 6. The van der Waals surface area contributed by atoms with Gasteiger partial charge in [0.2, 0.25) is 0 Å². The Morgan fingerprint density at radius 3 is 2.39 bits per heavy atom. The van der Waals surface area contributed by atoms with Gasteiger partial charge in [-0.25, -0.2) is 4.99 Å². The van der Waals surface area contributed by atoms with Crippen molar-refractivity contribution in [2.45, 2.75) is 56.8 Å². The van der Waals surface area contributed by atoms with Crippen LogP contribution < -0.4 is 10.6 Å². The molecule has 2 aromatic rings. The van der Waals surface area contributed by atoms with Gasteiger partial charge in [-0.2, -0.15) is 0 Å². The quantitative estimate of drug-likeness (QED) is 0.412. The molecule has 0 spiro atoms. The lowest BCUT2D eigenvalue weighted by Crippen LogP contribution is -2.53. The van der Waals surface area contributed by atoms with Crippen LogP contribution in [-0.2, 0) is 20.8 Å². The summed E-state index contributed by atoms with van der Waals surface area (Å²) in [5.41, 5.74) is 1.89. The lowest BCUT2D eigenvalue weighted by Gasteiger charge is -2.29. The molecule has 0 bridgehead atoms. The third-order valence-electron chi connectivity index (χ3n) is 5.27. The Hall–Kier alpha value is -2.49. The average molecular weight is 428 g/mol. The molecule has 8 nitrogen and oxygen atoms in total.